The van der Waals surface area contributed by atoms with Crippen molar-refractivity contribution in [2.24, 2.45) is 0 Å². The van der Waals surface area contributed by atoms with Crippen LogP contribution >= 0.6 is 0 Å². The quantitative estimate of drug-likeness (QED) is 0.863. The van der Waals surface area contributed by atoms with Gasteiger partial charge in [-0.05, 0) is 26.0 Å². The highest BCUT2D eigenvalue weighted by Gasteiger charge is 2.04. The molecule has 1 aromatic heterocycles. The molecule has 0 saturated carbocycles. The van der Waals surface area contributed by atoms with Gasteiger partial charge in [-0.1, -0.05) is 31.0 Å². The zero-order valence-electron chi connectivity index (χ0n) is 12.2. The molecule has 0 fully saturated rings. The van der Waals surface area contributed by atoms with E-state index in [0.717, 1.165) is 24.5 Å². The van der Waals surface area contributed by atoms with Gasteiger partial charge in [0.1, 0.15) is 5.82 Å². The minimum atomic E-state index is 0.522. The van der Waals surface area contributed by atoms with Crippen LogP contribution in [0.3, 0.4) is 0 Å². The summed E-state index contributed by atoms with van der Waals surface area (Å²) in [6, 6.07) is 7.09. The largest absolute Gasteiger partial charge is 0.342 e. The van der Waals surface area contributed by atoms with E-state index >= 15 is 0 Å². The van der Waals surface area contributed by atoms with Crippen molar-refractivity contribution in [2.75, 3.05) is 6.54 Å². The first-order chi connectivity index (χ1) is 9.04. The van der Waals surface area contributed by atoms with Crippen LogP contribution in [0.1, 0.15) is 30.8 Å². The van der Waals surface area contributed by atoms with Crippen LogP contribution in [0.25, 0.3) is 11.3 Å². The second kappa shape index (κ2) is 6.02. The standard InChI is InChI=1S/C16H23N3/c1-11(2)17-6-5-16-18-10-15(19-16)14-8-12(3)7-13(4)9-14/h7-11,17H,5-6H2,1-4H3,(H,18,19). The molecule has 3 nitrogen and oxygen atoms in total. The van der Waals surface area contributed by atoms with Crippen LogP contribution in [0.5, 0.6) is 0 Å². The maximum atomic E-state index is 4.45. The highest BCUT2D eigenvalue weighted by molar-refractivity contribution is 5.60. The number of nitrogens with one attached hydrogen (secondary N) is 2. The molecular formula is C16H23N3. The van der Waals surface area contributed by atoms with Gasteiger partial charge in [0.15, 0.2) is 0 Å². The molecule has 2 N–H and O–H groups in total. The van der Waals surface area contributed by atoms with E-state index in [0.29, 0.717) is 6.04 Å². The molecule has 0 saturated heterocycles. The van der Waals surface area contributed by atoms with Crippen LogP contribution in [0.4, 0.5) is 0 Å². The molecule has 19 heavy (non-hydrogen) atoms. The third kappa shape index (κ3) is 3.93. The van der Waals surface area contributed by atoms with Gasteiger partial charge in [-0.2, -0.15) is 0 Å². The van der Waals surface area contributed by atoms with Gasteiger partial charge in [0, 0.05) is 24.6 Å². The average Bonchev–Trinajstić information content (AvgIpc) is 2.76. The Bertz CT molecular complexity index is 520. The van der Waals surface area contributed by atoms with Gasteiger partial charge in [-0.3, -0.25) is 0 Å². The van der Waals surface area contributed by atoms with Crippen molar-refractivity contribution in [3.05, 3.63) is 41.3 Å². The molecule has 0 amide bonds. The number of imidazole rings is 1. The summed E-state index contributed by atoms with van der Waals surface area (Å²) in [5.41, 5.74) is 4.89. The van der Waals surface area contributed by atoms with Crippen LogP contribution in [-0.2, 0) is 6.42 Å². The Balaban J connectivity index is 2.07. The summed E-state index contributed by atoms with van der Waals surface area (Å²) in [4.78, 5) is 7.86. The summed E-state index contributed by atoms with van der Waals surface area (Å²) in [7, 11) is 0. The predicted octanol–water partition coefficient (Wildman–Crippen LogP) is 3.23. The number of hydrogen-bond donors (Lipinski definition) is 2. The number of nitrogens with zero attached hydrogens (tertiary/aromatic N) is 1. The Morgan fingerprint density at radius 3 is 2.47 bits per heavy atom. The fourth-order valence-corrected chi connectivity index (χ4v) is 2.25. The fraction of sp³-hybridized carbons (Fsp3) is 0.438. The van der Waals surface area contributed by atoms with E-state index in [1.54, 1.807) is 0 Å². The molecule has 0 aliphatic carbocycles. The van der Waals surface area contributed by atoms with Gasteiger partial charge in [-0.15, -0.1) is 0 Å². The van der Waals surface area contributed by atoms with E-state index < -0.39 is 0 Å². The van der Waals surface area contributed by atoms with E-state index in [1.807, 2.05) is 6.20 Å². The lowest BCUT2D eigenvalue weighted by atomic mass is 10.1. The second-order valence-electron chi connectivity index (χ2n) is 5.48. The first kappa shape index (κ1) is 13.8. The van der Waals surface area contributed by atoms with Crippen molar-refractivity contribution in [3.8, 4) is 11.3 Å². The lowest BCUT2D eigenvalue weighted by Gasteiger charge is -2.06. The average molecular weight is 257 g/mol. The number of aromatic nitrogens is 2. The molecule has 0 atom stereocenters. The molecule has 3 heteroatoms. The fourth-order valence-electron chi connectivity index (χ4n) is 2.25. The van der Waals surface area contributed by atoms with Crippen LogP contribution in [0, 0.1) is 13.8 Å². The first-order valence-corrected chi connectivity index (χ1v) is 6.90. The van der Waals surface area contributed by atoms with Crippen molar-refractivity contribution in [1.82, 2.24) is 15.3 Å². The Labute approximate surface area is 115 Å². The van der Waals surface area contributed by atoms with E-state index in [1.165, 1.54) is 16.7 Å². The number of aromatic amines is 1. The van der Waals surface area contributed by atoms with Crippen LogP contribution in [0.2, 0.25) is 0 Å². The van der Waals surface area contributed by atoms with Gasteiger partial charge in [0.2, 0.25) is 0 Å². The lowest BCUT2D eigenvalue weighted by Crippen LogP contribution is -2.25. The van der Waals surface area contributed by atoms with Gasteiger partial charge < -0.3 is 10.3 Å². The summed E-state index contributed by atoms with van der Waals surface area (Å²) >= 11 is 0. The summed E-state index contributed by atoms with van der Waals surface area (Å²) in [5, 5.41) is 3.40. The van der Waals surface area contributed by atoms with Crippen molar-refractivity contribution in [1.29, 1.82) is 0 Å². The van der Waals surface area contributed by atoms with Crippen molar-refractivity contribution < 1.29 is 0 Å². The highest BCUT2D eigenvalue weighted by atomic mass is 14.9. The number of hydrogen-bond acceptors (Lipinski definition) is 2. The van der Waals surface area contributed by atoms with Gasteiger partial charge in [-0.25, -0.2) is 4.98 Å². The monoisotopic (exact) mass is 257 g/mol. The smallest absolute Gasteiger partial charge is 0.107 e. The minimum Gasteiger partial charge on any atom is -0.342 e. The van der Waals surface area contributed by atoms with E-state index in [2.05, 4.69) is 61.2 Å². The Kier molecular flexibility index (Phi) is 4.38. The Morgan fingerprint density at radius 1 is 1.16 bits per heavy atom. The van der Waals surface area contributed by atoms with Gasteiger partial charge in [0.05, 0.1) is 11.9 Å². The summed E-state index contributed by atoms with van der Waals surface area (Å²) in [5.74, 6) is 1.04. The molecule has 0 bridgehead atoms. The Hall–Kier alpha value is -1.61. The molecule has 2 aromatic rings. The lowest BCUT2D eigenvalue weighted by molar-refractivity contribution is 0.584. The summed E-state index contributed by atoms with van der Waals surface area (Å²) < 4.78 is 0. The molecule has 1 aromatic carbocycles. The molecule has 0 aliphatic heterocycles. The molecule has 0 radical (unpaired) electrons. The SMILES string of the molecule is Cc1cc(C)cc(-c2cnc(CCNC(C)C)[nH]2)c1. The topological polar surface area (TPSA) is 40.7 Å². The van der Waals surface area contributed by atoms with Crippen LogP contribution in [0.15, 0.2) is 24.4 Å². The number of benzene rings is 1. The number of rotatable bonds is 5. The third-order valence-corrected chi connectivity index (χ3v) is 3.08. The predicted molar refractivity (Wildman–Crippen MR) is 80.3 cm³/mol. The third-order valence-electron chi connectivity index (χ3n) is 3.08. The minimum absolute atomic E-state index is 0.522. The first-order valence-electron chi connectivity index (χ1n) is 6.90. The van der Waals surface area contributed by atoms with E-state index in [9.17, 15) is 0 Å². The van der Waals surface area contributed by atoms with E-state index in [4.69, 9.17) is 0 Å². The normalized spacial score (nSPS) is 11.2. The molecule has 0 unspecified atom stereocenters. The summed E-state index contributed by atoms with van der Waals surface area (Å²) in [6.45, 7) is 9.52. The van der Waals surface area contributed by atoms with E-state index in [-0.39, 0.29) is 0 Å². The van der Waals surface area contributed by atoms with Crippen molar-refractivity contribution in [2.45, 2.75) is 40.2 Å². The van der Waals surface area contributed by atoms with Crippen LogP contribution < -0.4 is 5.32 Å². The van der Waals surface area contributed by atoms with Gasteiger partial charge >= 0.3 is 0 Å². The molecule has 0 spiro atoms. The number of H-pyrrole nitrogens is 1. The molecule has 1 heterocycles. The van der Waals surface area contributed by atoms with Crippen LogP contribution in [-0.4, -0.2) is 22.6 Å². The van der Waals surface area contributed by atoms with Gasteiger partial charge in [0.25, 0.3) is 0 Å². The van der Waals surface area contributed by atoms with Crippen molar-refractivity contribution >= 4 is 0 Å². The zero-order valence-corrected chi connectivity index (χ0v) is 12.2. The zero-order chi connectivity index (χ0) is 13.8. The molecule has 2 rings (SSSR count). The highest BCUT2D eigenvalue weighted by Crippen LogP contribution is 2.20. The second-order valence-corrected chi connectivity index (χ2v) is 5.48. The molecular weight excluding hydrogens is 234 g/mol. The summed E-state index contributed by atoms with van der Waals surface area (Å²) in [6.07, 6.45) is 2.86. The molecule has 102 valence electrons. The maximum Gasteiger partial charge on any atom is 0.107 e. The number of aryl methyl sites for hydroxylation is 2. The molecule has 0 aliphatic rings. The maximum absolute atomic E-state index is 4.45. The Morgan fingerprint density at radius 2 is 1.84 bits per heavy atom. The van der Waals surface area contributed by atoms with Crippen molar-refractivity contribution in [3.63, 3.8) is 0 Å².